The molecule has 5 heteroatoms. The van der Waals surface area contributed by atoms with E-state index in [4.69, 9.17) is 20.5 Å². The Morgan fingerprint density at radius 3 is 2.25 bits per heavy atom. The number of ether oxygens (including phenoxy) is 2. The summed E-state index contributed by atoms with van der Waals surface area (Å²) in [7, 11) is 0. The fraction of sp³-hybridized carbons (Fsp3) is 0.435. The summed E-state index contributed by atoms with van der Waals surface area (Å²) in [5, 5.41) is 9.15. The number of likely N-dealkylation sites (tertiary alicyclic amines) is 1. The van der Waals surface area contributed by atoms with Gasteiger partial charge in [0.05, 0.1) is 11.6 Å². The molecule has 146 valence electrons. The van der Waals surface area contributed by atoms with Crippen molar-refractivity contribution in [2.24, 2.45) is 11.7 Å². The summed E-state index contributed by atoms with van der Waals surface area (Å²) in [6, 6.07) is 18.1. The lowest BCUT2D eigenvalue weighted by Crippen LogP contribution is -2.50. The molecule has 28 heavy (non-hydrogen) atoms. The number of nitrogens with zero attached hydrogens (tertiary/aromatic N) is 2. The van der Waals surface area contributed by atoms with Crippen LogP contribution in [0.1, 0.15) is 37.3 Å². The smallest absolute Gasteiger partial charge is 0.281 e. The summed E-state index contributed by atoms with van der Waals surface area (Å²) >= 11 is 0. The highest BCUT2D eigenvalue weighted by Gasteiger charge is 2.50. The predicted octanol–water partition coefficient (Wildman–Crippen LogP) is 3.63. The van der Waals surface area contributed by atoms with E-state index < -0.39 is 5.79 Å². The molecule has 0 aliphatic carbocycles. The third-order valence-electron chi connectivity index (χ3n) is 6.06. The Kier molecular flexibility index (Phi) is 5.25. The van der Waals surface area contributed by atoms with Gasteiger partial charge in [0.15, 0.2) is 11.5 Å². The van der Waals surface area contributed by atoms with Crippen molar-refractivity contribution < 1.29 is 9.47 Å². The van der Waals surface area contributed by atoms with E-state index in [-0.39, 0.29) is 5.92 Å². The molecule has 0 radical (unpaired) electrons. The first-order valence-corrected chi connectivity index (χ1v) is 10.1. The number of benzene rings is 2. The van der Waals surface area contributed by atoms with Crippen LogP contribution in [0.2, 0.25) is 0 Å². The minimum absolute atomic E-state index is 0.231. The first kappa shape index (κ1) is 18.8. The van der Waals surface area contributed by atoms with Crippen LogP contribution in [0.15, 0.2) is 48.5 Å². The van der Waals surface area contributed by atoms with Gasteiger partial charge in [0, 0.05) is 17.5 Å². The van der Waals surface area contributed by atoms with Crippen molar-refractivity contribution in [1.82, 2.24) is 4.90 Å². The van der Waals surface area contributed by atoms with Crippen LogP contribution in [0.3, 0.4) is 0 Å². The van der Waals surface area contributed by atoms with Gasteiger partial charge in [0.2, 0.25) is 0 Å². The van der Waals surface area contributed by atoms with Crippen molar-refractivity contribution in [3.63, 3.8) is 0 Å². The van der Waals surface area contributed by atoms with Crippen molar-refractivity contribution in [2.75, 3.05) is 19.6 Å². The lowest BCUT2D eigenvalue weighted by atomic mass is 9.83. The molecule has 0 spiro atoms. The van der Waals surface area contributed by atoms with E-state index >= 15 is 0 Å². The molecule has 2 N–H and O–H groups in total. The van der Waals surface area contributed by atoms with Crippen LogP contribution in [-0.4, -0.2) is 30.6 Å². The largest absolute Gasteiger partial charge is 0.444 e. The number of fused-ring (bicyclic) bond motifs is 1. The van der Waals surface area contributed by atoms with Gasteiger partial charge in [0.1, 0.15) is 0 Å². The van der Waals surface area contributed by atoms with Gasteiger partial charge in [-0.2, -0.15) is 5.26 Å². The van der Waals surface area contributed by atoms with Crippen molar-refractivity contribution in [2.45, 2.75) is 38.0 Å². The number of piperidine rings is 1. The monoisotopic (exact) mass is 377 g/mol. The molecule has 2 heterocycles. The molecule has 1 fully saturated rings. The third kappa shape index (κ3) is 3.34. The summed E-state index contributed by atoms with van der Waals surface area (Å²) in [5.41, 5.74) is 7.35. The maximum absolute atomic E-state index is 9.15. The third-order valence-corrected chi connectivity index (χ3v) is 6.06. The maximum Gasteiger partial charge on any atom is 0.281 e. The highest BCUT2D eigenvalue weighted by atomic mass is 16.7. The van der Waals surface area contributed by atoms with Gasteiger partial charge in [-0.1, -0.05) is 12.1 Å². The van der Waals surface area contributed by atoms with Gasteiger partial charge >= 0.3 is 0 Å². The lowest BCUT2D eigenvalue weighted by molar-refractivity contribution is -0.149. The van der Waals surface area contributed by atoms with Gasteiger partial charge in [-0.15, -0.1) is 0 Å². The molecule has 2 aliphatic heterocycles. The molecular formula is C23H27N3O2. The fourth-order valence-electron chi connectivity index (χ4n) is 4.41. The second-order valence-corrected chi connectivity index (χ2v) is 7.74. The fourth-order valence-corrected chi connectivity index (χ4v) is 4.41. The second kappa shape index (κ2) is 7.83. The van der Waals surface area contributed by atoms with Crippen LogP contribution in [0.4, 0.5) is 0 Å². The van der Waals surface area contributed by atoms with Crippen molar-refractivity contribution in [3.05, 3.63) is 59.7 Å². The minimum Gasteiger partial charge on any atom is -0.444 e. The predicted molar refractivity (Wildman–Crippen MR) is 108 cm³/mol. The number of nitriles is 1. The number of nitrogens with two attached hydrogens (primary N) is 1. The minimum atomic E-state index is -0.832. The van der Waals surface area contributed by atoms with Gasteiger partial charge < -0.3 is 20.1 Å². The molecule has 1 saturated heterocycles. The van der Waals surface area contributed by atoms with E-state index in [1.165, 1.54) is 0 Å². The molecule has 1 unspecified atom stereocenters. The van der Waals surface area contributed by atoms with Gasteiger partial charge in [-0.05, 0) is 82.2 Å². The van der Waals surface area contributed by atoms with E-state index in [1.807, 2.05) is 48.5 Å². The Labute approximate surface area is 166 Å². The van der Waals surface area contributed by atoms with Crippen LogP contribution < -0.4 is 15.2 Å². The topological polar surface area (TPSA) is 71.5 Å². The van der Waals surface area contributed by atoms with E-state index in [9.17, 15) is 0 Å². The summed E-state index contributed by atoms with van der Waals surface area (Å²) in [6.07, 6.45) is 3.00. The molecule has 2 aromatic carbocycles. The van der Waals surface area contributed by atoms with Gasteiger partial charge in [-0.25, -0.2) is 0 Å². The quantitative estimate of drug-likeness (QED) is 0.861. The Hall–Kier alpha value is -2.55. The van der Waals surface area contributed by atoms with E-state index in [2.05, 4.69) is 17.9 Å². The number of hydrogen-bond acceptors (Lipinski definition) is 5. The first-order valence-electron chi connectivity index (χ1n) is 10.1. The summed E-state index contributed by atoms with van der Waals surface area (Å²) in [5.74, 6) is 0.965. The Bertz CT molecular complexity index is 826. The van der Waals surface area contributed by atoms with E-state index in [0.717, 1.165) is 56.0 Å². The Morgan fingerprint density at radius 1 is 1.11 bits per heavy atom. The molecule has 0 aromatic heterocycles. The molecule has 2 aromatic rings. The SMILES string of the molecule is CC(CCN)N1CCC(C2(c3ccc(C#N)cc3)Oc3ccccc3O2)CC1. The van der Waals surface area contributed by atoms with Crippen LogP contribution in [0, 0.1) is 17.2 Å². The van der Waals surface area contributed by atoms with Crippen molar-refractivity contribution in [1.29, 1.82) is 5.26 Å². The number of para-hydroxylation sites is 2. The summed E-state index contributed by atoms with van der Waals surface area (Å²) in [6.45, 7) is 4.99. The molecular weight excluding hydrogens is 350 g/mol. The highest BCUT2D eigenvalue weighted by molar-refractivity contribution is 5.45. The Balaban J connectivity index is 1.61. The van der Waals surface area contributed by atoms with Crippen LogP contribution in [0.25, 0.3) is 0 Å². The standard InChI is InChI=1S/C23H27N3O2/c1-17(10-13-24)26-14-11-20(12-15-26)23(19-8-6-18(16-25)7-9-19)27-21-4-2-3-5-22(21)28-23/h2-9,17,20H,10-15,24H2,1H3. The number of rotatable bonds is 5. The molecule has 0 bridgehead atoms. The molecule has 2 aliphatic rings. The summed E-state index contributed by atoms with van der Waals surface area (Å²) in [4.78, 5) is 2.51. The Morgan fingerprint density at radius 2 is 1.71 bits per heavy atom. The zero-order valence-electron chi connectivity index (χ0n) is 16.3. The number of hydrogen-bond donors (Lipinski definition) is 1. The van der Waals surface area contributed by atoms with Crippen molar-refractivity contribution in [3.8, 4) is 17.6 Å². The van der Waals surface area contributed by atoms with Crippen LogP contribution in [0.5, 0.6) is 11.5 Å². The van der Waals surface area contributed by atoms with Gasteiger partial charge in [0.25, 0.3) is 5.79 Å². The second-order valence-electron chi connectivity index (χ2n) is 7.74. The van der Waals surface area contributed by atoms with Crippen molar-refractivity contribution >= 4 is 0 Å². The average Bonchev–Trinajstić information content (AvgIpc) is 3.15. The molecule has 1 atom stereocenters. The molecule has 0 amide bonds. The van der Waals surface area contributed by atoms with E-state index in [0.29, 0.717) is 11.6 Å². The first-order chi connectivity index (χ1) is 13.7. The average molecular weight is 377 g/mol. The maximum atomic E-state index is 9.15. The van der Waals surface area contributed by atoms with Crippen LogP contribution >= 0.6 is 0 Å². The summed E-state index contributed by atoms with van der Waals surface area (Å²) < 4.78 is 13.0. The highest BCUT2D eigenvalue weighted by Crippen LogP contribution is 2.50. The van der Waals surface area contributed by atoms with Gasteiger partial charge in [-0.3, -0.25) is 0 Å². The molecule has 0 saturated carbocycles. The lowest BCUT2D eigenvalue weighted by Gasteiger charge is -2.42. The van der Waals surface area contributed by atoms with E-state index in [1.54, 1.807) is 0 Å². The molecule has 5 nitrogen and oxygen atoms in total. The zero-order chi connectivity index (χ0) is 19.6. The normalized spacial score (nSPS) is 19.9. The molecule has 4 rings (SSSR count). The van der Waals surface area contributed by atoms with Crippen LogP contribution in [-0.2, 0) is 5.79 Å². The zero-order valence-corrected chi connectivity index (χ0v) is 16.3.